The van der Waals surface area contributed by atoms with E-state index in [1.807, 2.05) is 0 Å². The van der Waals surface area contributed by atoms with Crippen LogP contribution in [0.25, 0.3) is 0 Å². The number of nitro benzene ring substituents is 1. The number of nitro groups is 1. The van der Waals surface area contributed by atoms with Gasteiger partial charge in [-0.2, -0.15) is 0 Å². The van der Waals surface area contributed by atoms with Crippen molar-refractivity contribution in [2.45, 2.75) is 31.8 Å². The van der Waals surface area contributed by atoms with Crippen molar-refractivity contribution in [3.05, 3.63) is 28.3 Å². The first-order chi connectivity index (χ1) is 11.1. The van der Waals surface area contributed by atoms with Crippen LogP contribution in [0.2, 0.25) is 0 Å². The molecule has 2 heterocycles. The zero-order valence-corrected chi connectivity index (χ0v) is 12.5. The minimum absolute atomic E-state index is 0.0519. The number of imide groups is 1. The van der Waals surface area contributed by atoms with E-state index in [1.165, 1.54) is 12.1 Å². The summed E-state index contributed by atoms with van der Waals surface area (Å²) in [5.74, 6) is -0.659. The van der Waals surface area contributed by atoms with Crippen LogP contribution in [-0.4, -0.2) is 36.0 Å². The average molecular weight is 319 g/mol. The summed E-state index contributed by atoms with van der Waals surface area (Å²) in [5, 5.41) is 14.3. The predicted octanol–water partition coefficient (Wildman–Crippen LogP) is 1.84. The number of ether oxygens (including phenoxy) is 1. The molecule has 1 unspecified atom stereocenters. The Balaban J connectivity index is 1.82. The van der Waals surface area contributed by atoms with Gasteiger partial charge in [-0.3, -0.25) is 24.6 Å². The van der Waals surface area contributed by atoms with Crippen LogP contribution in [0.5, 0.6) is 0 Å². The van der Waals surface area contributed by atoms with Gasteiger partial charge in [0.25, 0.3) is 5.69 Å². The van der Waals surface area contributed by atoms with Gasteiger partial charge in [0.15, 0.2) is 0 Å². The Morgan fingerprint density at radius 1 is 1.30 bits per heavy atom. The molecule has 2 aliphatic rings. The van der Waals surface area contributed by atoms with Crippen LogP contribution in [0.1, 0.15) is 25.7 Å². The Kier molecular flexibility index (Phi) is 4.24. The second-order valence-corrected chi connectivity index (χ2v) is 5.60. The average Bonchev–Trinajstić information content (AvgIpc) is 3.15. The van der Waals surface area contributed by atoms with Crippen LogP contribution in [0, 0.1) is 10.1 Å². The molecule has 0 spiro atoms. The standard InChI is InChI=1S/C15H17N3O5/c19-14-5-6-15(20)17(14)10-3-4-12(13(8-10)18(21)22)16-9-11-2-1-7-23-11/h3-4,8,11,16H,1-2,5-7,9H2. The van der Waals surface area contributed by atoms with Crippen LogP contribution in [0.3, 0.4) is 0 Å². The second-order valence-electron chi connectivity index (χ2n) is 5.60. The maximum Gasteiger partial charge on any atom is 0.294 e. The van der Waals surface area contributed by atoms with E-state index in [-0.39, 0.29) is 42.1 Å². The highest BCUT2D eigenvalue weighted by Gasteiger charge is 2.31. The Hall–Kier alpha value is -2.48. The number of rotatable bonds is 5. The highest BCUT2D eigenvalue weighted by Crippen LogP contribution is 2.32. The Morgan fingerprint density at radius 3 is 2.65 bits per heavy atom. The molecule has 122 valence electrons. The molecular weight excluding hydrogens is 302 g/mol. The Labute approximate surface area is 132 Å². The summed E-state index contributed by atoms with van der Waals surface area (Å²) in [6.07, 6.45) is 2.26. The van der Waals surface area contributed by atoms with Crippen molar-refractivity contribution in [2.75, 3.05) is 23.4 Å². The molecule has 8 nitrogen and oxygen atoms in total. The third-order valence-corrected chi connectivity index (χ3v) is 4.03. The lowest BCUT2D eigenvalue weighted by atomic mass is 10.2. The third-order valence-electron chi connectivity index (χ3n) is 4.03. The van der Waals surface area contributed by atoms with E-state index in [1.54, 1.807) is 6.07 Å². The lowest BCUT2D eigenvalue weighted by Gasteiger charge is -2.16. The van der Waals surface area contributed by atoms with Crippen LogP contribution in [0.15, 0.2) is 18.2 Å². The lowest BCUT2D eigenvalue weighted by Crippen LogP contribution is -2.28. The number of carbonyl (C=O) groups excluding carboxylic acids is 2. The van der Waals surface area contributed by atoms with Gasteiger partial charge in [-0.05, 0) is 25.0 Å². The number of anilines is 2. The summed E-state index contributed by atoms with van der Waals surface area (Å²) in [6.45, 7) is 1.20. The molecule has 0 aromatic heterocycles. The van der Waals surface area contributed by atoms with E-state index in [9.17, 15) is 19.7 Å². The normalized spacial score (nSPS) is 21.0. The predicted molar refractivity (Wildman–Crippen MR) is 82.3 cm³/mol. The topological polar surface area (TPSA) is 102 Å². The molecule has 0 saturated carbocycles. The molecule has 2 fully saturated rings. The number of nitrogens with zero attached hydrogens (tertiary/aromatic N) is 2. The fourth-order valence-electron chi connectivity index (χ4n) is 2.85. The molecule has 0 radical (unpaired) electrons. The van der Waals surface area contributed by atoms with E-state index in [2.05, 4.69) is 5.32 Å². The molecule has 2 saturated heterocycles. The van der Waals surface area contributed by atoms with Gasteiger partial charge in [0.05, 0.1) is 16.7 Å². The van der Waals surface area contributed by atoms with Crippen molar-refractivity contribution in [3.63, 3.8) is 0 Å². The molecule has 1 aromatic rings. The van der Waals surface area contributed by atoms with Gasteiger partial charge in [-0.15, -0.1) is 0 Å². The van der Waals surface area contributed by atoms with Gasteiger partial charge in [0.1, 0.15) is 5.69 Å². The van der Waals surface area contributed by atoms with Gasteiger partial charge < -0.3 is 10.1 Å². The smallest absolute Gasteiger partial charge is 0.294 e. The number of benzene rings is 1. The van der Waals surface area contributed by atoms with E-state index >= 15 is 0 Å². The summed E-state index contributed by atoms with van der Waals surface area (Å²) in [7, 11) is 0. The SMILES string of the molecule is O=C1CCC(=O)N1c1ccc(NCC2CCCO2)c([N+](=O)[O-])c1. The fourth-order valence-corrected chi connectivity index (χ4v) is 2.85. The maximum absolute atomic E-state index is 11.8. The molecule has 3 rings (SSSR count). The van der Waals surface area contributed by atoms with E-state index in [4.69, 9.17) is 4.74 Å². The van der Waals surface area contributed by atoms with Crippen LogP contribution >= 0.6 is 0 Å². The molecule has 1 aromatic carbocycles. The summed E-state index contributed by atoms with van der Waals surface area (Å²) < 4.78 is 5.48. The highest BCUT2D eigenvalue weighted by molar-refractivity contribution is 6.20. The lowest BCUT2D eigenvalue weighted by molar-refractivity contribution is -0.383. The number of hydrogen-bond acceptors (Lipinski definition) is 6. The van der Waals surface area contributed by atoms with E-state index < -0.39 is 4.92 Å². The number of nitrogens with one attached hydrogen (secondary N) is 1. The molecular formula is C15H17N3O5. The summed E-state index contributed by atoms with van der Waals surface area (Å²) in [4.78, 5) is 35.3. The van der Waals surface area contributed by atoms with Crippen molar-refractivity contribution in [1.29, 1.82) is 0 Å². The van der Waals surface area contributed by atoms with Gasteiger partial charge in [0.2, 0.25) is 11.8 Å². The highest BCUT2D eigenvalue weighted by atomic mass is 16.6. The molecule has 0 bridgehead atoms. The third kappa shape index (κ3) is 3.16. The van der Waals surface area contributed by atoms with Crippen molar-refractivity contribution >= 4 is 28.9 Å². The minimum Gasteiger partial charge on any atom is -0.377 e. The van der Waals surface area contributed by atoms with Crippen LogP contribution in [-0.2, 0) is 14.3 Å². The number of hydrogen-bond donors (Lipinski definition) is 1. The van der Waals surface area contributed by atoms with E-state index in [0.717, 1.165) is 17.7 Å². The quantitative estimate of drug-likeness (QED) is 0.505. The maximum atomic E-state index is 11.8. The summed E-state index contributed by atoms with van der Waals surface area (Å²) in [6, 6.07) is 4.34. The van der Waals surface area contributed by atoms with Crippen molar-refractivity contribution < 1.29 is 19.2 Å². The minimum atomic E-state index is -0.521. The van der Waals surface area contributed by atoms with E-state index in [0.29, 0.717) is 18.8 Å². The van der Waals surface area contributed by atoms with Gasteiger partial charge in [0, 0.05) is 32.1 Å². The molecule has 2 amide bonds. The molecule has 1 N–H and O–H groups in total. The van der Waals surface area contributed by atoms with Gasteiger partial charge in [-0.25, -0.2) is 0 Å². The molecule has 2 aliphatic heterocycles. The Bertz CT molecular complexity index is 639. The first kappa shape index (κ1) is 15.4. The van der Waals surface area contributed by atoms with Crippen molar-refractivity contribution in [1.82, 2.24) is 0 Å². The zero-order valence-electron chi connectivity index (χ0n) is 12.5. The first-order valence-electron chi connectivity index (χ1n) is 7.56. The van der Waals surface area contributed by atoms with Gasteiger partial charge in [-0.1, -0.05) is 0 Å². The molecule has 0 aliphatic carbocycles. The zero-order chi connectivity index (χ0) is 16.4. The molecule has 1 atom stereocenters. The number of carbonyl (C=O) groups is 2. The number of amides is 2. The summed E-state index contributed by atoms with van der Waals surface area (Å²) >= 11 is 0. The second kappa shape index (κ2) is 6.33. The monoisotopic (exact) mass is 319 g/mol. The van der Waals surface area contributed by atoms with Gasteiger partial charge >= 0.3 is 0 Å². The molecule has 8 heteroatoms. The fraction of sp³-hybridized carbons (Fsp3) is 0.467. The molecule has 23 heavy (non-hydrogen) atoms. The first-order valence-corrected chi connectivity index (χ1v) is 7.56. The largest absolute Gasteiger partial charge is 0.377 e. The Morgan fingerprint density at radius 2 is 2.04 bits per heavy atom. The van der Waals surface area contributed by atoms with Crippen LogP contribution in [0.4, 0.5) is 17.1 Å². The van der Waals surface area contributed by atoms with Crippen molar-refractivity contribution in [2.24, 2.45) is 0 Å². The van der Waals surface area contributed by atoms with Crippen molar-refractivity contribution in [3.8, 4) is 0 Å². The summed E-state index contributed by atoms with van der Waals surface area (Å²) in [5.41, 5.74) is 0.438. The van der Waals surface area contributed by atoms with Crippen LogP contribution < -0.4 is 10.2 Å².